The highest BCUT2D eigenvalue weighted by Gasteiger charge is 2.21. The number of piperazine rings is 1. The zero-order valence-electron chi connectivity index (χ0n) is 15.9. The molecule has 0 bridgehead atoms. The highest BCUT2D eigenvalue weighted by atomic mass is 35.5. The van der Waals surface area contributed by atoms with E-state index in [9.17, 15) is 4.79 Å². The molecule has 0 radical (unpaired) electrons. The largest absolute Gasteiger partial charge is 0.368 e. The number of hydrogen-bond donors (Lipinski definition) is 1. The minimum Gasteiger partial charge on any atom is -0.368 e. The fourth-order valence-electron chi connectivity index (χ4n) is 3.75. The molecular weight excluding hydrogens is 439 g/mol. The third kappa shape index (κ3) is 3.67. The third-order valence-corrected chi connectivity index (χ3v) is 6.78. The monoisotopic (exact) mass is 456 g/mol. The molecule has 0 atom stereocenters. The van der Waals surface area contributed by atoms with Crippen molar-refractivity contribution in [1.82, 2.24) is 9.97 Å². The van der Waals surface area contributed by atoms with Crippen molar-refractivity contribution in [2.24, 2.45) is 0 Å². The van der Waals surface area contributed by atoms with E-state index in [0.29, 0.717) is 15.7 Å². The van der Waals surface area contributed by atoms with Crippen LogP contribution in [-0.4, -0.2) is 36.1 Å². The van der Waals surface area contributed by atoms with Gasteiger partial charge in [0.25, 0.3) is 5.56 Å². The quantitative estimate of drug-likeness (QED) is 0.455. The van der Waals surface area contributed by atoms with Gasteiger partial charge in [-0.2, -0.15) is 0 Å². The van der Waals surface area contributed by atoms with Crippen molar-refractivity contribution in [2.75, 3.05) is 36.0 Å². The summed E-state index contributed by atoms with van der Waals surface area (Å²) >= 11 is 13.6. The number of fused-ring (bicyclic) bond motifs is 1. The number of nitrogens with one attached hydrogen (secondary N) is 1. The van der Waals surface area contributed by atoms with Gasteiger partial charge in [-0.05, 0) is 35.9 Å². The molecule has 0 spiro atoms. The van der Waals surface area contributed by atoms with Crippen molar-refractivity contribution in [2.45, 2.75) is 0 Å². The number of hydrogen-bond acceptors (Lipinski definition) is 5. The molecule has 1 N–H and O–H groups in total. The lowest BCUT2D eigenvalue weighted by atomic mass is 10.1. The Balaban J connectivity index is 1.43. The SMILES string of the molecule is O=c1[nH]c(N2CCN(c3cccc(Cl)c3)CC2)nc2c(-c3ccc(Cl)cc3)csc12. The Bertz CT molecular complexity index is 1260. The van der Waals surface area contributed by atoms with Gasteiger partial charge in [0.15, 0.2) is 0 Å². The molecule has 2 aromatic heterocycles. The first kappa shape index (κ1) is 19.4. The predicted octanol–water partition coefficient (Wildman–Crippen LogP) is 5.29. The fraction of sp³-hybridized carbons (Fsp3) is 0.182. The molecule has 3 heterocycles. The zero-order chi connectivity index (χ0) is 20.7. The molecule has 152 valence electrons. The summed E-state index contributed by atoms with van der Waals surface area (Å²) in [5.41, 5.74) is 3.70. The molecule has 1 saturated heterocycles. The first-order valence-corrected chi connectivity index (χ1v) is 11.2. The van der Waals surface area contributed by atoms with Gasteiger partial charge in [-0.3, -0.25) is 9.78 Å². The Morgan fingerprint density at radius 3 is 2.40 bits per heavy atom. The lowest BCUT2D eigenvalue weighted by Gasteiger charge is -2.36. The van der Waals surface area contributed by atoms with E-state index < -0.39 is 0 Å². The second-order valence-corrected chi connectivity index (χ2v) is 8.93. The van der Waals surface area contributed by atoms with Gasteiger partial charge in [0, 0.05) is 52.9 Å². The predicted molar refractivity (Wildman–Crippen MR) is 127 cm³/mol. The van der Waals surface area contributed by atoms with Gasteiger partial charge in [-0.25, -0.2) is 4.98 Å². The van der Waals surface area contributed by atoms with Gasteiger partial charge in [0.2, 0.25) is 5.95 Å². The summed E-state index contributed by atoms with van der Waals surface area (Å²) in [6.45, 7) is 3.19. The number of aromatic amines is 1. The number of rotatable bonds is 3. The summed E-state index contributed by atoms with van der Waals surface area (Å²) in [4.78, 5) is 24.9. The summed E-state index contributed by atoms with van der Waals surface area (Å²) in [5, 5.41) is 3.40. The average molecular weight is 457 g/mol. The molecule has 2 aromatic carbocycles. The number of anilines is 2. The van der Waals surface area contributed by atoms with Crippen molar-refractivity contribution in [3.8, 4) is 11.1 Å². The fourth-order valence-corrected chi connectivity index (χ4v) is 4.97. The highest BCUT2D eigenvalue weighted by Crippen LogP contribution is 2.32. The molecular formula is C22H18Cl2N4OS. The Hall–Kier alpha value is -2.54. The van der Waals surface area contributed by atoms with Gasteiger partial charge in [-0.1, -0.05) is 41.4 Å². The van der Waals surface area contributed by atoms with Crippen molar-refractivity contribution in [1.29, 1.82) is 0 Å². The number of H-pyrrole nitrogens is 1. The van der Waals surface area contributed by atoms with E-state index in [1.165, 1.54) is 11.3 Å². The van der Waals surface area contributed by atoms with Crippen LogP contribution in [0.3, 0.4) is 0 Å². The molecule has 1 aliphatic rings. The van der Waals surface area contributed by atoms with E-state index in [1.807, 2.05) is 47.8 Å². The van der Waals surface area contributed by atoms with Gasteiger partial charge >= 0.3 is 0 Å². The molecule has 0 aliphatic carbocycles. The van der Waals surface area contributed by atoms with E-state index in [2.05, 4.69) is 20.9 Å². The summed E-state index contributed by atoms with van der Waals surface area (Å²) in [6.07, 6.45) is 0. The number of nitrogens with zero attached hydrogens (tertiary/aromatic N) is 3. The van der Waals surface area contributed by atoms with E-state index in [-0.39, 0.29) is 5.56 Å². The van der Waals surface area contributed by atoms with Crippen molar-refractivity contribution >= 4 is 56.4 Å². The number of benzene rings is 2. The molecule has 30 heavy (non-hydrogen) atoms. The first-order chi connectivity index (χ1) is 14.6. The van der Waals surface area contributed by atoms with Crippen LogP contribution >= 0.6 is 34.5 Å². The molecule has 0 unspecified atom stereocenters. The van der Waals surface area contributed by atoms with Crippen LogP contribution in [0.5, 0.6) is 0 Å². The molecule has 5 rings (SSSR count). The first-order valence-electron chi connectivity index (χ1n) is 9.61. The maximum absolute atomic E-state index is 12.7. The lowest BCUT2D eigenvalue weighted by molar-refractivity contribution is 0.640. The minimum atomic E-state index is -0.0996. The molecule has 8 heteroatoms. The summed E-state index contributed by atoms with van der Waals surface area (Å²) in [5.74, 6) is 0.617. The minimum absolute atomic E-state index is 0.0996. The number of halogens is 2. The van der Waals surface area contributed by atoms with Gasteiger partial charge < -0.3 is 9.80 Å². The summed E-state index contributed by atoms with van der Waals surface area (Å²) in [7, 11) is 0. The van der Waals surface area contributed by atoms with Crippen LogP contribution in [0.4, 0.5) is 11.6 Å². The molecule has 1 aliphatic heterocycles. The second-order valence-electron chi connectivity index (χ2n) is 7.18. The molecule has 1 fully saturated rings. The number of thiophene rings is 1. The standard InChI is InChI=1S/C22H18Cl2N4OS/c23-15-6-4-14(5-7-15)18-13-30-20-19(18)25-22(26-21(20)29)28-10-8-27(9-11-28)17-3-1-2-16(24)12-17/h1-7,12-13H,8-11H2,(H,25,26,29). The summed E-state index contributed by atoms with van der Waals surface area (Å²) < 4.78 is 0.640. The Labute approximate surface area is 187 Å². The second kappa shape index (κ2) is 7.95. The maximum Gasteiger partial charge on any atom is 0.270 e. The lowest BCUT2D eigenvalue weighted by Crippen LogP contribution is -2.47. The van der Waals surface area contributed by atoms with Crippen LogP contribution in [0, 0.1) is 0 Å². The normalized spacial score (nSPS) is 14.5. The highest BCUT2D eigenvalue weighted by molar-refractivity contribution is 7.17. The van der Waals surface area contributed by atoms with Crippen LogP contribution in [0.15, 0.2) is 58.7 Å². The third-order valence-electron chi connectivity index (χ3n) is 5.32. The van der Waals surface area contributed by atoms with Crippen LogP contribution in [0.25, 0.3) is 21.3 Å². The van der Waals surface area contributed by atoms with Crippen molar-refractivity contribution in [3.05, 3.63) is 74.3 Å². The molecule has 4 aromatic rings. The molecule has 0 saturated carbocycles. The Morgan fingerprint density at radius 2 is 1.67 bits per heavy atom. The number of aromatic nitrogens is 2. The van der Waals surface area contributed by atoms with E-state index in [1.54, 1.807) is 0 Å². The van der Waals surface area contributed by atoms with Gasteiger partial charge in [-0.15, -0.1) is 11.3 Å². The molecule has 5 nitrogen and oxygen atoms in total. The Morgan fingerprint density at radius 1 is 0.933 bits per heavy atom. The topological polar surface area (TPSA) is 52.2 Å². The zero-order valence-corrected chi connectivity index (χ0v) is 18.3. The van der Waals surface area contributed by atoms with E-state index in [0.717, 1.165) is 53.5 Å². The molecule has 0 amide bonds. The summed E-state index contributed by atoms with van der Waals surface area (Å²) in [6, 6.07) is 15.5. The average Bonchev–Trinajstić information content (AvgIpc) is 3.19. The smallest absolute Gasteiger partial charge is 0.270 e. The Kier molecular flexibility index (Phi) is 5.15. The maximum atomic E-state index is 12.7. The van der Waals surface area contributed by atoms with Crippen LogP contribution in [0.1, 0.15) is 0 Å². The van der Waals surface area contributed by atoms with Gasteiger partial charge in [0.1, 0.15) is 4.70 Å². The van der Waals surface area contributed by atoms with E-state index >= 15 is 0 Å². The van der Waals surface area contributed by atoms with Crippen LogP contribution < -0.4 is 15.4 Å². The van der Waals surface area contributed by atoms with Crippen LogP contribution in [-0.2, 0) is 0 Å². The van der Waals surface area contributed by atoms with E-state index in [4.69, 9.17) is 28.2 Å². The van der Waals surface area contributed by atoms with Crippen molar-refractivity contribution < 1.29 is 0 Å². The van der Waals surface area contributed by atoms with Crippen molar-refractivity contribution in [3.63, 3.8) is 0 Å². The van der Waals surface area contributed by atoms with Crippen LogP contribution in [0.2, 0.25) is 10.0 Å². The van der Waals surface area contributed by atoms with Gasteiger partial charge in [0.05, 0.1) is 5.52 Å².